The molecule has 0 saturated carbocycles. The lowest BCUT2D eigenvalue weighted by Crippen LogP contribution is -2.41. The summed E-state index contributed by atoms with van der Waals surface area (Å²) in [5, 5.41) is 9.00. The average Bonchev–Trinajstić information content (AvgIpc) is 2.73. The zero-order chi connectivity index (χ0) is 15.6. The van der Waals surface area contributed by atoms with Gasteiger partial charge in [0.05, 0.1) is 4.91 Å². The number of carbonyl (C=O) groups excluding carboxylic acids is 2. The fourth-order valence-electron chi connectivity index (χ4n) is 1.75. The van der Waals surface area contributed by atoms with E-state index in [0.717, 1.165) is 28.5 Å². The molecule has 108 valence electrons. The number of hydrogen-bond donors (Lipinski definition) is 1. The molecule has 0 aromatic heterocycles. The van der Waals surface area contributed by atoms with E-state index in [1.54, 1.807) is 30.3 Å². The molecule has 1 aromatic carbocycles. The third-order valence-electron chi connectivity index (χ3n) is 2.94. The highest BCUT2D eigenvalue weighted by Crippen LogP contribution is 2.33. The normalized spacial score (nSPS) is 18.1. The van der Waals surface area contributed by atoms with Crippen LogP contribution in [0.1, 0.15) is 22.8 Å². The van der Waals surface area contributed by atoms with Gasteiger partial charge in [-0.25, -0.2) is 4.79 Å². The van der Waals surface area contributed by atoms with Crippen molar-refractivity contribution in [2.75, 3.05) is 0 Å². The Labute approximate surface area is 130 Å². The summed E-state index contributed by atoms with van der Waals surface area (Å²) in [6, 6.07) is 5.69. The highest BCUT2D eigenvalue weighted by atomic mass is 32.2. The molecular weight excluding hydrogens is 310 g/mol. The number of rotatable bonds is 4. The van der Waals surface area contributed by atoms with E-state index in [-0.39, 0.29) is 4.32 Å². The van der Waals surface area contributed by atoms with E-state index in [4.69, 9.17) is 17.3 Å². The molecule has 1 aromatic rings. The van der Waals surface area contributed by atoms with Crippen LogP contribution < -0.4 is 0 Å². The first-order chi connectivity index (χ1) is 9.93. The molecule has 5 nitrogen and oxygen atoms in total. The Hall–Kier alpha value is -1.99. The van der Waals surface area contributed by atoms with Crippen molar-refractivity contribution in [2.24, 2.45) is 0 Å². The van der Waals surface area contributed by atoms with Crippen LogP contribution in [-0.4, -0.2) is 38.5 Å². The number of thiocarbonyl (C=S) groups is 1. The number of aldehydes is 1. The van der Waals surface area contributed by atoms with Crippen molar-refractivity contribution in [1.29, 1.82) is 0 Å². The number of thioether (sulfide) groups is 1. The number of carbonyl (C=O) groups is 3. The summed E-state index contributed by atoms with van der Waals surface area (Å²) in [5.41, 5.74) is 1.28. The van der Waals surface area contributed by atoms with Crippen LogP contribution in [0.4, 0.5) is 0 Å². The predicted molar refractivity (Wildman–Crippen MR) is 83.9 cm³/mol. The van der Waals surface area contributed by atoms with Gasteiger partial charge in [0, 0.05) is 5.56 Å². The first-order valence-electron chi connectivity index (χ1n) is 5.99. The van der Waals surface area contributed by atoms with E-state index in [1.165, 1.54) is 6.92 Å². The van der Waals surface area contributed by atoms with E-state index in [0.29, 0.717) is 10.5 Å². The summed E-state index contributed by atoms with van der Waals surface area (Å²) in [6.45, 7) is 1.41. The number of carboxylic acid groups (broad SMARTS) is 1. The SMILES string of the molecule is CC(C(=O)O)N1C(=O)C(=Cc2ccc(C=O)cc2)SC1=S. The van der Waals surface area contributed by atoms with Gasteiger partial charge in [0.15, 0.2) is 0 Å². The van der Waals surface area contributed by atoms with Crippen LogP contribution >= 0.6 is 24.0 Å². The van der Waals surface area contributed by atoms with Crippen molar-refractivity contribution in [3.8, 4) is 0 Å². The van der Waals surface area contributed by atoms with Crippen LogP contribution in [0.2, 0.25) is 0 Å². The minimum absolute atomic E-state index is 0.227. The van der Waals surface area contributed by atoms with Crippen LogP contribution in [-0.2, 0) is 9.59 Å². The molecule has 1 aliphatic rings. The van der Waals surface area contributed by atoms with Crippen molar-refractivity contribution in [1.82, 2.24) is 4.90 Å². The van der Waals surface area contributed by atoms with Crippen molar-refractivity contribution in [3.63, 3.8) is 0 Å². The van der Waals surface area contributed by atoms with Gasteiger partial charge in [-0.3, -0.25) is 14.5 Å². The van der Waals surface area contributed by atoms with Gasteiger partial charge in [0.2, 0.25) is 0 Å². The van der Waals surface area contributed by atoms with E-state index in [9.17, 15) is 14.4 Å². The number of benzene rings is 1. The van der Waals surface area contributed by atoms with Crippen LogP contribution in [0.3, 0.4) is 0 Å². The van der Waals surface area contributed by atoms with Gasteiger partial charge in [-0.05, 0) is 18.6 Å². The lowest BCUT2D eigenvalue weighted by atomic mass is 10.1. The van der Waals surface area contributed by atoms with E-state index < -0.39 is 17.9 Å². The molecule has 7 heteroatoms. The molecule has 1 unspecified atom stereocenters. The van der Waals surface area contributed by atoms with Crippen molar-refractivity contribution in [3.05, 3.63) is 40.3 Å². The standard InChI is InChI=1S/C14H11NO4S2/c1-8(13(18)19)15-12(17)11(21-14(15)20)6-9-2-4-10(7-16)5-3-9/h2-8H,1H3,(H,18,19). The predicted octanol–water partition coefficient (Wildman–Crippen LogP) is 2.17. The fraction of sp³-hybridized carbons (Fsp3) is 0.143. The highest BCUT2D eigenvalue weighted by Gasteiger charge is 2.38. The maximum Gasteiger partial charge on any atom is 0.326 e. The fourth-order valence-corrected chi connectivity index (χ4v) is 3.16. The molecule has 1 fully saturated rings. The lowest BCUT2D eigenvalue weighted by Gasteiger charge is -2.18. The summed E-state index contributed by atoms with van der Waals surface area (Å²) in [7, 11) is 0. The quantitative estimate of drug-likeness (QED) is 0.520. The molecule has 0 bridgehead atoms. The van der Waals surface area contributed by atoms with Crippen molar-refractivity contribution >= 4 is 52.5 Å². The van der Waals surface area contributed by atoms with Crippen molar-refractivity contribution in [2.45, 2.75) is 13.0 Å². The van der Waals surface area contributed by atoms with Gasteiger partial charge in [0.1, 0.15) is 16.6 Å². The molecule has 0 spiro atoms. The molecule has 1 N–H and O–H groups in total. The highest BCUT2D eigenvalue weighted by molar-refractivity contribution is 8.26. The summed E-state index contributed by atoms with van der Waals surface area (Å²) >= 11 is 6.13. The summed E-state index contributed by atoms with van der Waals surface area (Å²) < 4.78 is 0.227. The Morgan fingerprint density at radius 1 is 1.33 bits per heavy atom. The largest absolute Gasteiger partial charge is 0.480 e. The molecule has 1 heterocycles. The lowest BCUT2D eigenvalue weighted by molar-refractivity contribution is -0.144. The van der Waals surface area contributed by atoms with Crippen LogP contribution in [0.15, 0.2) is 29.2 Å². The zero-order valence-corrected chi connectivity index (χ0v) is 12.6. The zero-order valence-electron chi connectivity index (χ0n) is 11.0. The van der Waals surface area contributed by atoms with Gasteiger partial charge in [-0.1, -0.05) is 48.2 Å². The summed E-state index contributed by atoms with van der Waals surface area (Å²) in [4.78, 5) is 35.3. The van der Waals surface area contributed by atoms with Gasteiger partial charge < -0.3 is 5.11 Å². The van der Waals surface area contributed by atoms with Crippen molar-refractivity contribution < 1.29 is 19.5 Å². The molecule has 1 amide bonds. The van der Waals surface area contributed by atoms with Gasteiger partial charge in [-0.15, -0.1) is 0 Å². The van der Waals surface area contributed by atoms with Gasteiger partial charge in [0.25, 0.3) is 5.91 Å². The Balaban J connectivity index is 2.27. The molecule has 0 aliphatic carbocycles. The Morgan fingerprint density at radius 2 is 1.90 bits per heavy atom. The Morgan fingerprint density at radius 3 is 2.43 bits per heavy atom. The third kappa shape index (κ3) is 3.20. The smallest absolute Gasteiger partial charge is 0.326 e. The molecule has 1 aliphatic heterocycles. The molecule has 1 atom stereocenters. The number of carboxylic acids is 1. The Bertz CT molecular complexity index is 651. The van der Waals surface area contributed by atoms with Crippen LogP contribution in [0.25, 0.3) is 6.08 Å². The molecular formula is C14H11NO4S2. The first kappa shape index (κ1) is 15.4. The maximum absolute atomic E-state index is 12.2. The second-order valence-corrected chi connectivity index (χ2v) is 6.03. The number of hydrogen-bond acceptors (Lipinski definition) is 5. The summed E-state index contributed by atoms with van der Waals surface area (Å²) in [6.07, 6.45) is 2.36. The van der Waals surface area contributed by atoms with Gasteiger partial charge >= 0.3 is 5.97 Å². The maximum atomic E-state index is 12.2. The second-order valence-electron chi connectivity index (χ2n) is 4.35. The van der Waals surface area contributed by atoms with Gasteiger partial charge in [-0.2, -0.15) is 0 Å². The number of nitrogens with zero attached hydrogens (tertiary/aromatic N) is 1. The minimum Gasteiger partial charge on any atom is -0.480 e. The third-order valence-corrected chi connectivity index (χ3v) is 4.27. The van der Waals surface area contributed by atoms with Crippen LogP contribution in [0, 0.1) is 0 Å². The topological polar surface area (TPSA) is 74.7 Å². The molecule has 2 rings (SSSR count). The molecule has 0 radical (unpaired) electrons. The first-order valence-corrected chi connectivity index (χ1v) is 7.21. The number of amides is 1. The van der Waals surface area contributed by atoms with E-state index in [2.05, 4.69) is 0 Å². The molecule has 21 heavy (non-hydrogen) atoms. The van der Waals surface area contributed by atoms with E-state index >= 15 is 0 Å². The second kappa shape index (κ2) is 6.19. The van der Waals surface area contributed by atoms with Crippen LogP contribution in [0.5, 0.6) is 0 Å². The minimum atomic E-state index is -1.11. The molecule has 1 saturated heterocycles. The van der Waals surface area contributed by atoms with E-state index in [1.807, 2.05) is 0 Å². The number of aliphatic carboxylic acids is 1. The monoisotopic (exact) mass is 321 g/mol. The Kier molecular flexibility index (Phi) is 4.54. The summed E-state index contributed by atoms with van der Waals surface area (Å²) in [5.74, 6) is -1.53. The average molecular weight is 321 g/mol.